The van der Waals surface area contributed by atoms with E-state index in [9.17, 15) is 0 Å². The second-order valence-corrected chi connectivity index (χ2v) is 10.8. The Balaban J connectivity index is 1.22. The summed E-state index contributed by atoms with van der Waals surface area (Å²) in [6.45, 7) is 6.13. The van der Waals surface area contributed by atoms with Gasteiger partial charge in [-0.3, -0.25) is 9.58 Å². The van der Waals surface area contributed by atoms with E-state index in [1.807, 2.05) is 0 Å². The number of rotatable bonds is 2. The maximum Gasteiger partial charge on any atom is 0.257 e. The second-order valence-electron chi connectivity index (χ2n) is 10.4. The van der Waals surface area contributed by atoms with Crippen LogP contribution in [0.4, 0.5) is 17.5 Å². The zero-order chi connectivity index (χ0) is 22.5. The number of likely N-dealkylation sites (tertiary alicyclic amines) is 1. The predicted octanol–water partition coefficient (Wildman–Crippen LogP) is 4.93. The van der Waals surface area contributed by atoms with Crippen LogP contribution in [0.5, 0.6) is 5.88 Å². The Kier molecular flexibility index (Phi) is 5.61. The molecule has 0 amide bonds. The number of piperidine rings is 1. The molecule has 6 rings (SSSR count). The molecule has 33 heavy (non-hydrogen) atoms. The number of ether oxygens (including phenoxy) is 1. The van der Waals surface area contributed by atoms with Gasteiger partial charge < -0.3 is 15.4 Å². The first kappa shape index (κ1) is 21.5. The fourth-order valence-corrected chi connectivity index (χ4v) is 6.56. The molecule has 2 saturated carbocycles. The number of halogens is 1. The molecule has 3 atom stereocenters. The molecule has 0 radical (unpaired) electrons. The summed E-state index contributed by atoms with van der Waals surface area (Å²) in [4.78, 5) is 11.8. The van der Waals surface area contributed by atoms with Gasteiger partial charge >= 0.3 is 0 Å². The van der Waals surface area contributed by atoms with Gasteiger partial charge in [0.1, 0.15) is 10.7 Å². The smallest absolute Gasteiger partial charge is 0.257 e. The van der Waals surface area contributed by atoms with Crippen molar-refractivity contribution in [2.24, 2.45) is 5.92 Å². The minimum atomic E-state index is 0.172. The number of fused-ring (bicyclic) bond motifs is 5. The Morgan fingerprint density at radius 2 is 1.85 bits per heavy atom. The van der Waals surface area contributed by atoms with Crippen molar-refractivity contribution in [1.29, 1.82) is 0 Å². The molecule has 4 heterocycles. The van der Waals surface area contributed by atoms with Crippen molar-refractivity contribution in [3.05, 3.63) is 16.9 Å². The van der Waals surface area contributed by atoms with Crippen LogP contribution < -0.4 is 15.4 Å². The van der Waals surface area contributed by atoms with Gasteiger partial charge in [0.15, 0.2) is 5.82 Å². The molecule has 3 unspecified atom stereocenters. The molecule has 1 saturated heterocycles. The first-order valence-corrected chi connectivity index (χ1v) is 13.0. The summed E-state index contributed by atoms with van der Waals surface area (Å²) in [5.74, 6) is 2.75. The lowest BCUT2D eigenvalue weighted by atomic mass is 9.89. The molecule has 2 aromatic heterocycles. The van der Waals surface area contributed by atoms with Gasteiger partial charge in [0, 0.05) is 31.1 Å². The lowest BCUT2D eigenvalue weighted by molar-refractivity contribution is 0.102. The van der Waals surface area contributed by atoms with Crippen LogP contribution in [0.1, 0.15) is 70.0 Å². The van der Waals surface area contributed by atoms with E-state index in [2.05, 4.69) is 44.0 Å². The van der Waals surface area contributed by atoms with Crippen molar-refractivity contribution < 1.29 is 4.74 Å². The molecule has 9 heteroatoms. The van der Waals surface area contributed by atoms with E-state index in [0.717, 1.165) is 35.8 Å². The van der Waals surface area contributed by atoms with Gasteiger partial charge in [0.25, 0.3) is 5.88 Å². The first-order chi connectivity index (χ1) is 16.0. The van der Waals surface area contributed by atoms with E-state index >= 15 is 0 Å². The van der Waals surface area contributed by atoms with Crippen molar-refractivity contribution in [3.63, 3.8) is 0 Å². The highest BCUT2D eigenvalue weighted by molar-refractivity contribution is 6.32. The molecular formula is C24H34ClN7O. The van der Waals surface area contributed by atoms with Crippen molar-refractivity contribution in [2.75, 3.05) is 23.8 Å². The van der Waals surface area contributed by atoms with Crippen LogP contribution in [0.2, 0.25) is 5.02 Å². The number of hydrogen-bond acceptors (Lipinski definition) is 7. The number of nitrogens with one attached hydrogen (secondary N) is 2. The van der Waals surface area contributed by atoms with Crippen LogP contribution in [0.15, 0.2) is 6.20 Å². The second kappa shape index (κ2) is 8.62. The first-order valence-electron chi connectivity index (χ1n) is 12.6. The van der Waals surface area contributed by atoms with E-state index < -0.39 is 0 Å². The molecule has 8 nitrogen and oxygen atoms in total. The van der Waals surface area contributed by atoms with Crippen LogP contribution in [-0.2, 0) is 0 Å². The van der Waals surface area contributed by atoms with Gasteiger partial charge in [0.05, 0.1) is 24.5 Å². The van der Waals surface area contributed by atoms with Crippen LogP contribution in [0, 0.1) is 12.8 Å². The molecule has 0 spiro atoms. The minimum Gasteiger partial charge on any atom is -0.475 e. The zero-order valence-electron chi connectivity index (χ0n) is 19.6. The van der Waals surface area contributed by atoms with Crippen molar-refractivity contribution in [3.8, 4) is 5.88 Å². The predicted molar refractivity (Wildman–Crippen MR) is 130 cm³/mol. The lowest BCUT2D eigenvalue weighted by Crippen LogP contribution is -2.43. The zero-order valence-corrected chi connectivity index (χ0v) is 20.3. The summed E-state index contributed by atoms with van der Waals surface area (Å²) in [7, 11) is 0. The molecule has 2 aliphatic heterocycles. The summed E-state index contributed by atoms with van der Waals surface area (Å²) in [6, 6.07) is 2.20. The highest BCUT2D eigenvalue weighted by Gasteiger charge is 2.42. The number of aromatic nitrogens is 4. The summed E-state index contributed by atoms with van der Waals surface area (Å²) < 4.78 is 8.34. The van der Waals surface area contributed by atoms with Crippen LogP contribution in [-0.4, -0.2) is 55.9 Å². The van der Waals surface area contributed by atoms with Gasteiger partial charge in [-0.2, -0.15) is 4.98 Å². The normalized spacial score (nSPS) is 31.8. The quantitative estimate of drug-likeness (QED) is 0.642. The fraction of sp³-hybridized carbons (Fsp3) is 0.708. The third-order valence-electron chi connectivity index (χ3n) is 8.20. The van der Waals surface area contributed by atoms with Gasteiger partial charge in [-0.1, -0.05) is 11.6 Å². The number of nitrogens with zero attached hydrogens (tertiary/aromatic N) is 5. The molecular weight excluding hydrogens is 438 g/mol. The van der Waals surface area contributed by atoms with Crippen molar-refractivity contribution >= 4 is 29.1 Å². The van der Waals surface area contributed by atoms with Gasteiger partial charge in [-0.15, -0.1) is 5.10 Å². The average molecular weight is 472 g/mol. The summed E-state index contributed by atoms with van der Waals surface area (Å²) in [5.41, 5.74) is 1.94. The van der Waals surface area contributed by atoms with E-state index in [0.29, 0.717) is 35.3 Å². The monoisotopic (exact) mass is 471 g/mol. The molecule has 4 bridgehead atoms. The molecule has 0 aromatic carbocycles. The third kappa shape index (κ3) is 4.05. The van der Waals surface area contributed by atoms with Crippen LogP contribution >= 0.6 is 11.6 Å². The van der Waals surface area contributed by atoms with Gasteiger partial charge in [0.2, 0.25) is 5.95 Å². The largest absolute Gasteiger partial charge is 0.475 e. The van der Waals surface area contributed by atoms with E-state index in [-0.39, 0.29) is 6.04 Å². The van der Waals surface area contributed by atoms with Crippen LogP contribution in [0.25, 0.3) is 0 Å². The summed E-state index contributed by atoms with van der Waals surface area (Å²) >= 11 is 6.31. The average Bonchev–Trinajstić information content (AvgIpc) is 3.52. The Morgan fingerprint density at radius 3 is 2.61 bits per heavy atom. The molecule has 2 aromatic rings. The van der Waals surface area contributed by atoms with Crippen molar-refractivity contribution in [2.45, 2.75) is 89.4 Å². The van der Waals surface area contributed by atoms with Crippen LogP contribution in [0.3, 0.4) is 0 Å². The SMILES string of the molecule is Cc1c2c(nn1C1CCC(N3CC4CCC3C4)CC1)OCCC(C)Nc1nc(ncc1Cl)N2. The molecule has 178 valence electrons. The lowest BCUT2D eigenvalue weighted by Gasteiger charge is -2.39. The van der Waals surface area contributed by atoms with E-state index in [4.69, 9.17) is 21.4 Å². The summed E-state index contributed by atoms with van der Waals surface area (Å²) in [5, 5.41) is 12.2. The molecule has 3 fully saturated rings. The topological polar surface area (TPSA) is 80.1 Å². The summed E-state index contributed by atoms with van der Waals surface area (Å²) in [6.07, 6.45) is 11.6. The standard InChI is InChI=1S/C24H34ClN7O/c1-14-9-10-33-23-21(28-24-26-12-20(25)22(27-14)29-24)15(2)32(30-23)18-7-5-17(6-8-18)31-13-16-3-4-19(31)11-16/h12,14,16-19H,3-11,13H2,1-2H3,(H2,26,27,28,29). The maximum absolute atomic E-state index is 6.31. The Morgan fingerprint density at radius 1 is 1.06 bits per heavy atom. The molecule has 2 N–H and O–H groups in total. The number of hydrogen-bond donors (Lipinski definition) is 2. The molecule has 2 aliphatic carbocycles. The van der Waals surface area contributed by atoms with Crippen molar-refractivity contribution in [1.82, 2.24) is 24.6 Å². The highest BCUT2D eigenvalue weighted by atomic mass is 35.5. The Hall–Kier alpha value is -2.06. The molecule has 4 aliphatic rings. The number of anilines is 3. The van der Waals surface area contributed by atoms with Gasteiger partial charge in [-0.25, -0.2) is 4.98 Å². The minimum absolute atomic E-state index is 0.172. The van der Waals surface area contributed by atoms with E-state index in [1.54, 1.807) is 6.20 Å². The van der Waals surface area contributed by atoms with E-state index in [1.165, 1.54) is 51.5 Å². The fourth-order valence-electron chi connectivity index (χ4n) is 6.42. The Bertz CT molecular complexity index is 1020. The highest BCUT2D eigenvalue weighted by Crippen LogP contribution is 2.43. The Labute approximate surface area is 200 Å². The van der Waals surface area contributed by atoms with Gasteiger partial charge in [-0.05, 0) is 64.7 Å². The maximum atomic E-state index is 6.31. The third-order valence-corrected chi connectivity index (χ3v) is 8.48.